The maximum Gasteiger partial charge on any atom is 0.408 e. The topological polar surface area (TPSA) is 15.3 Å². The van der Waals surface area contributed by atoms with Crippen LogP contribution in [0.25, 0.3) is 0 Å². The lowest BCUT2D eigenvalue weighted by Crippen LogP contribution is -2.49. The van der Waals surface area contributed by atoms with Crippen LogP contribution in [0.15, 0.2) is 22.7 Å². The first kappa shape index (κ1) is 18.0. The molecule has 2 rings (SSSR count). The van der Waals surface area contributed by atoms with Crippen molar-refractivity contribution in [3.63, 3.8) is 0 Å². The molecule has 1 fully saturated rings. The van der Waals surface area contributed by atoms with Crippen LogP contribution in [0.1, 0.15) is 11.6 Å². The van der Waals surface area contributed by atoms with Gasteiger partial charge in [-0.25, -0.2) is 0 Å². The minimum Gasteiger partial charge on any atom is -0.314 e. The van der Waals surface area contributed by atoms with E-state index in [-0.39, 0.29) is 23.0 Å². The van der Waals surface area contributed by atoms with Crippen molar-refractivity contribution in [2.24, 2.45) is 0 Å². The van der Waals surface area contributed by atoms with Gasteiger partial charge in [0.05, 0.1) is 0 Å². The van der Waals surface area contributed by atoms with E-state index >= 15 is 0 Å². The molecule has 0 unspecified atom stereocenters. The molecule has 0 radical (unpaired) electrons. The van der Waals surface area contributed by atoms with E-state index < -0.39 is 12.2 Å². The van der Waals surface area contributed by atoms with Crippen LogP contribution in [0.2, 0.25) is 5.02 Å². The van der Waals surface area contributed by atoms with Crippen molar-refractivity contribution in [1.29, 1.82) is 0 Å². The zero-order valence-electron chi connectivity index (χ0n) is 10.4. The molecule has 1 saturated heterocycles. The van der Waals surface area contributed by atoms with Crippen molar-refractivity contribution in [3.8, 4) is 0 Å². The Balaban J connectivity index is 0.00000200. The van der Waals surface area contributed by atoms with Crippen molar-refractivity contribution >= 4 is 39.9 Å². The molecule has 0 amide bonds. The number of benzene rings is 1. The van der Waals surface area contributed by atoms with Gasteiger partial charge in [-0.15, -0.1) is 12.4 Å². The highest BCUT2D eigenvalue weighted by Crippen LogP contribution is 2.41. The molecule has 20 heavy (non-hydrogen) atoms. The average Bonchev–Trinajstić information content (AvgIpc) is 2.33. The van der Waals surface area contributed by atoms with E-state index in [1.165, 1.54) is 17.0 Å². The minimum absolute atomic E-state index is 0. The summed E-state index contributed by atoms with van der Waals surface area (Å²) < 4.78 is 40.7. The van der Waals surface area contributed by atoms with Crippen molar-refractivity contribution in [2.45, 2.75) is 12.2 Å². The molecule has 8 heteroatoms. The summed E-state index contributed by atoms with van der Waals surface area (Å²) in [4.78, 5) is 1.42. The lowest BCUT2D eigenvalue weighted by molar-refractivity contribution is -0.187. The van der Waals surface area contributed by atoms with E-state index in [0.29, 0.717) is 30.7 Å². The van der Waals surface area contributed by atoms with Gasteiger partial charge in [-0.05, 0) is 23.8 Å². The van der Waals surface area contributed by atoms with Crippen LogP contribution in [0, 0.1) is 0 Å². The molecule has 1 N–H and O–H groups in total. The monoisotopic (exact) mass is 392 g/mol. The molecule has 0 saturated carbocycles. The molecule has 1 aliphatic rings. The zero-order valence-corrected chi connectivity index (χ0v) is 13.5. The van der Waals surface area contributed by atoms with Gasteiger partial charge in [0.1, 0.15) is 6.04 Å². The van der Waals surface area contributed by atoms with E-state index in [1.807, 2.05) is 0 Å². The Bertz CT molecular complexity index is 451. The van der Waals surface area contributed by atoms with E-state index in [4.69, 9.17) is 11.6 Å². The van der Waals surface area contributed by atoms with Crippen LogP contribution in [-0.4, -0.2) is 37.3 Å². The number of hydrogen-bond donors (Lipinski definition) is 1. The molecule has 2 nitrogen and oxygen atoms in total. The Morgan fingerprint density at radius 1 is 1.25 bits per heavy atom. The molecule has 1 aliphatic heterocycles. The highest BCUT2D eigenvalue weighted by Gasteiger charge is 2.45. The number of rotatable bonds is 2. The highest BCUT2D eigenvalue weighted by molar-refractivity contribution is 9.10. The summed E-state index contributed by atoms with van der Waals surface area (Å²) in [7, 11) is 0. The SMILES string of the molecule is Cl.FC(F)(F)[C@H](c1cc(Br)ccc1Cl)N1CCNCC1. The van der Waals surface area contributed by atoms with Crippen LogP contribution in [-0.2, 0) is 0 Å². The van der Waals surface area contributed by atoms with Crippen molar-refractivity contribution in [3.05, 3.63) is 33.3 Å². The van der Waals surface area contributed by atoms with E-state index in [0.717, 1.165) is 0 Å². The van der Waals surface area contributed by atoms with Gasteiger partial charge in [0.2, 0.25) is 0 Å². The summed E-state index contributed by atoms with van der Waals surface area (Å²) in [6.07, 6.45) is -4.35. The second-order valence-corrected chi connectivity index (χ2v) is 5.72. The maximum absolute atomic E-state index is 13.4. The van der Waals surface area contributed by atoms with Crippen LogP contribution in [0.5, 0.6) is 0 Å². The van der Waals surface area contributed by atoms with Crippen LogP contribution in [0.4, 0.5) is 13.2 Å². The van der Waals surface area contributed by atoms with Gasteiger partial charge in [-0.1, -0.05) is 27.5 Å². The smallest absolute Gasteiger partial charge is 0.314 e. The maximum atomic E-state index is 13.4. The molecule has 0 aliphatic carbocycles. The van der Waals surface area contributed by atoms with E-state index in [9.17, 15) is 13.2 Å². The van der Waals surface area contributed by atoms with Crippen molar-refractivity contribution < 1.29 is 13.2 Å². The quantitative estimate of drug-likeness (QED) is 0.815. The molecule has 1 aromatic rings. The van der Waals surface area contributed by atoms with E-state index in [2.05, 4.69) is 21.2 Å². The summed E-state index contributed by atoms with van der Waals surface area (Å²) in [5.74, 6) is 0. The predicted octanol–water partition coefficient (Wildman–Crippen LogP) is 4.03. The van der Waals surface area contributed by atoms with Gasteiger partial charge in [-0.3, -0.25) is 4.90 Å². The first-order valence-electron chi connectivity index (χ1n) is 5.86. The number of alkyl halides is 3. The molecule has 1 heterocycles. The Morgan fingerprint density at radius 3 is 2.40 bits per heavy atom. The number of nitrogens with zero attached hydrogens (tertiary/aromatic N) is 1. The molecule has 1 atom stereocenters. The largest absolute Gasteiger partial charge is 0.408 e. The van der Waals surface area contributed by atoms with Gasteiger partial charge >= 0.3 is 6.18 Å². The Kier molecular flexibility index (Phi) is 6.60. The molecule has 114 valence electrons. The van der Waals surface area contributed by atoms with Gasteiger partial charge in [0.25, 0.3) is 0 Å². The van der Waals surface area contributed by atoms with E-state index in [1.54, 1.807) is 6.07 Å². The number of nitrogens with one attached hydrogen (secondary N) is 1. The second kappa shape index (κ2) is 7.31. The molecule has 1 aromatic carbocycles. The zero-order chi connectivity index (χ0) is 14.0. The summed E-state index contributed by atoms with van der Waals surface area (Å²) in [6.45, 7) is 1.82. The molecule has 0 aromatic heterocycles. The highest BCUT2D eigenvalue weighted by atomic mass is 79.9. The van der Waals surface area contributed by atoms with Gasteiger partial charge in [-0.2, -0.15) is 13.2 Å². The summed E-state index contributed by atoms with van der Waals surface area (Å²) in [6, 6.07) is 2.92. The first-order valence-corrected chi connectivity index (χ1v) is 7.03. The van der Waals surface area contributed by atoms with Crippen LogP contribution < -0.4 is 5.32 Å². The van der Waals surface area contributed by atoms with Crippen LogP contribution in [0.3, 0.4) is 0 Å². The number of halogens is 6. The standard InChI is InChI=1S/C12H13BrClF3N2.ClH/c13-8-1-2-10(14)9(7-8)11(12(15,16)17)19-5-3-18-4-6-19;/h1-2,7,11,18H,3-6H2;1H/t11-;/m0./s1. The lowest BCUT2D eigenvalue weighted by Gasteiger charge is -2.36. The molecular formula is C12H14BrCl2F3N2. The third-order valence-electron chi connectivity index (χ3n) is 3.08. The summed E-state index contributed by atoms with van der Waals surface area (Å²) in [5, 5.41) is 3.19. The average molecular weight is 394 g/mol. The number of hydrogen-bond acceptors (Lipinski definition) is 2. The lowest BCUT2D eigenvalue weighted by atomic mass is 10.0. The summed E-state index contributed by atoms with van der Waals surface area (Å²) >= 11 is 9.15. The minimum atomic E-state index is -4.35. The Morgan fingerprint density at radius 2 is 1.85 bits per heavy atom. The molecule has 0 spiro atoms. The van der Waals surface area contributed by atoms with Gasteiger partial charge in [0, 0.05) is 35.7 Å². The second-order valence-electron chi connectivity index (χ2n) is 4.40. The Hall–Kier alpha value is -0.0100. The van der Waals surface area contributed by atoms with Crippen molar-refractivity contribution in [1.82, 2.24) is 10.2 Å². The fourth-order valence-electron chi connectivity index (χ4n) is 2.24. The Labute approximate surface area is 135 Å². The first-order chi connectivity index (χ1) is 8.89. The summed E-state index contributed by atoms with van der Waals surface area (Å²) in [5.41, 5.74) is 0.102. The fraction of sp³-hybridized carbons (Fsp3) is 0.500. The van der Waals surface area contributed by atoms with Gasteiger partial charge in [0.15, 0.2) is 0 Å². The van der Waals surface area contributed by atoms with Crippen LogP contribution >= 0.6 is 39.9 Å². The number of piperazine rings is 1. The third kappa shape index (κ3) is 4.24. The van der Waals surface area contributed by atoms with Crippen molar-refractivity contribution in [2.75, 3.05) is 26.2 Å². The molecule has 0 bridgehead atoms. The third-order valence-corrected chi connectivity index (χ3v) is 3.92. The fourth-order valence-corrected chi connectivity index (χ4v) is 2.84. The van der Waals surface area contributed by atoms with Gasteiger partial charge < -0.3 is 5.32 Å². The molecular weight excluding hydrogens is 380 g/mol. The normalized spacial score (nSPS) is 18.4. The predicted molar refractivity (Wildman–Crippen MR) is 79.6 cm³/mol.